The first-order valence-corrected chi connectivity index (χ1v) is 8.60. The second kappa shape index (κ2) is 5.86. The highest BCUT2D eigenvalue weighted by Crippen LogP contribution is 2.27. The molecule has 0 bridgehead atoms. The van der Waals surface area contributed by atoms with Crippen molar-refractivity contribution in [2.24, 2.45) is 0 Å². The number of aryl methyl sites for hydroxylation is 1. The van der Waals surface area contributed by atoms with Crippen molar-refractivity contribution in [1.82, 2.24) is 34.2 Å². The molecule has 7 nitrogen and oxygen atoms in total. The number of aromatic nitrogens is 6. The van der Waals surface area contributed by atoms with Crippen molar-refractivity contribution in [1.29, 1.82) is 0 Å². The highest BCUT2D eigenvalue weighted by Gasteiger charge is 2.27. The SMILES string of the molecule is Cc1nc(CN2CCn3c(Cn4cncn4)cnc3[C@H]2C)cs1. The highest BCUT2D eigenvalue weighted by atomic mass is 32.1. The van der Waals surface area contributed by atoms with E-state index in [1.807, 2.05) is 10.9 Å². The Morgan fingerprint density at radius 1 is 1.30 bits per heavy atom. The van der Waals surface area contributed by atoms with Crippen LogP contribution >= 0.6 is 11.3 Å². The van der Waals surface area contributed by atoms with Crippen molar-refractivity contribution in [2.75, 3.05) is 6.54 Å². The second-order valence-electron chi connectivity index (χ2n) is 5.86. The Morgan fingerprint density at radius 3 is 2.96 bits per heavy atom. The van der Waals surface area contributed by atoms with E-state index in [-0.39, 0.29) is 6.04 Å². The molecule has 3 aromatic heterocycles. The third-order valence-electron chi connectivity index (χ3n) is 4.32. The van der Waals surface area contributed by atoms with Crippen LogP contribution in [0.5, 0.6) is 0 Å². The van der Waals surface area contributed by atoms with Crippen LogP contribution in [0.4, 0.5) is 0 Å². The summed E-state index contributed by atoms with van der Waals surface area (Å²) in [5, 5.41) is 7.46. The first-order valence-electron chi connectivity index (χ1n) is 7.72. The van der Waals surface area contributed by atoms with E-state index >= 15 is 0 Å². The minimum absolute atomic E-state index is 0.287. The van der Waals surface area contributed by atoms with Crippen molar-refractivity contribution in [3.05, 3.63) is 46.5 Å². The monoisotopic (exact) mass is 329 g/mol. The van der Waals surface area contributed by atoms with Crippen LogP contribution in [-0.4, -0.2) is 40.7 Å². The zero-order valence-corrected chi connectivity index (χ0v) is 14.1. The molecular formula is C15H19N7S. The fourth-order valence-electron chi connectivity index (χ4n) is 3.12. The Labute approximate surface area is 138 Å². The summed E-state index contributed by atoms with van der Waals surface area (Å²) >= 11 is 1.71. The van der Waals surface area contributed by atoms with Crippen LogP contribution in [0.2, 0.25) is 0 Å². The van der Waals surface area contributed by atoms with Gasteiger partial charge in [-0.15, -0.1) is 11.3 Å². The number of rotatable bonds is 4. The number of hydrogen-bond acceptors (Lipinski definition) is 6. The molecule has 0 N–H and O–H groups in total. The lowest BCUT2D eigenvalue weighted by molar-refractivity contribution is 0.153. The van der Waals surface area contributed by atoms with Crippen LogP contribution in [0.25, 0.3) is 0 Å². The minimum Gasteiger partial charge on any atom is -0.328 e. The number of thiazole rings is 1. The van der Waals surface area contributed by atoms with Gasteiger partial charge in [0, 0.05) is 25.0 Å². The number of nitrogens with zero attached hydrogens (tertiary/aromatic N) is 7. The molecule has 0 saturated carbocycles. The van der Waals surface area contributed by atoms with Crippen LogP contribution in [0, 0.1) is 6.92 Å². The van der Waals surface area contributed by atoms with E-state index in [9.17, 15) is 0 Å². The van der Waals surface area contributed by atoms with Gasteiger partial charge < -0.3 is 4.57 Å². The molecule has 4 heterocycles. The summed E-state index contributed by atoms with van der Waals surface area (Å²) in [4.78, 5) is 15.7. The van der Waals surface area contributed by atoms with Crippen molar-refractivity contribution >= 4 is 11.3 Å². The lowest BCUT2D eigenvalue weighted by Crippen LogP contribution is -2.37. The molecule has 3 aromatic rings. The molecule has 120 valence electrons. The summed E-state index contributed by atoms with van der Waals surface area (Å²) in [5.74, 6) is 1.12. The lowest BCUT2D eigenvalue weighted by Gasteiger charge is -2.33. The van der Waals surface area contributed by atoms with Gasteiger partial charge in [0.25, 0.3) is 0 Å². The topological polar surface area (TPSA) is 64.7 Å². The molecule has 23 heavy (non-hydrogen) atoms. The maximum atomic E-state index is 4.66. The molecule has 0 spiro atoms. The Balaban J connectivity index is 1.53. The standard InChI is InChI=1S/C15H19N7S/c1-11-15-17-5-14(7-21-10-16-9-18-21)22(15)4-3-20(11)6-13-8-23-12(2)19-13/h5,8-11H,3-4,6-7H2,1-2H3/t11-/m1/s1. The Morgan fingerprint density at radius 2 is 2.22 bits per heavy atom. The molecule has 4 rings (SSSR count). The van der Waals surface area contributed by atoms with Gasteiger partial charge in [-0.05, 0) is 13.8 Å². The van der Waals surface area contributed by atoms with E-state index in [0.29, 0.717) is 6.54 Å². The molecule has 0 saturated heterocycles. The third-order valence-corrected chi connectivity index (χ3v) is 5.15. The highest BCUT2D eigenvalue weighted by molar-refractivity contribution is 7.09. The van der Waals surface area contributed by atoms with Crippen LogP contribution in [0.15, 0.2) is 24.2 Å². The van der Waals surface area contributed by atoms with Gasteiger partial charge in [-0.1, -0.05) is 0 Å². The second-order valence-corrected chi connectivity index (χ2v) is 6.92. The Hall–Kier alpha value is -2.06. The van der Waals surface area contributed by atoms with Crippen molar-refractivity contribution in [3.63, 3.8) is 0 Å². The fraction of sp³-hybridized carbons (Fsp3) is 0.467. The molecule has 1 atom stereocenters. The molecule has 0 radical (unpaired) electrons. The number of fused-ring (bicyclic) bond motifs is 1. The third kappa shape index (κ3) is 2.79. The van der Waals surface area contributed by atoms with E-state index in [0.717, 1.165) is 36.2 Å². The van der Waals surface area contributed by atoms with E-state index in [1.54, 1.807) is 24.0 Å². The summed E-state index contributed by atoms with van der Waals surface area (Å²) in [6.07, 6.45) is 5.26. The van der Waals surface area contributed by atoms with Crippen LogP contribution in [0.1, 0.15) is 35.2 Å². The van der Waals surface area contributed by atoms with Gasteiger partial charge in [-0.25, -0.2) is 19.6 Å². The van der Waals surface area contributed by atoms with Gasteiger partial charge in [-0.2, -0.15) is 5.10 Å². The molecule has 0 amide bonds. The summed E-state index contributed by atoms with van der Waals surface area (Å²) in [5.41, 5.74) is 2.34. The quantitative estimate of drug-likeness (QED) is 0.731. The van der Waals surface area contributed by atoms with E-state index < -0.39 is 0 Å². The van der Waals surface area contributed by atoms with Gasteiger partial charge in [0.15, 0.2) is 0 Å². The summed E-state index contributed by atoms with van der Waals surface area (Å²) < 4.78 is 4.15. The zero-order chi connectivity index (χ0) is 15.8. The maximum Gasteiger partial charge on any atom is 0.137 e. The molecule has 0 aliphatic carbocycles. The van der Waals surface area contributed by atoms with E-state index in [4.69, 9.17) is 0 Å². The average Bonchev–Trinajstić information content (AvgIpc) is 3.25. The van der Waals surface area contributed by atoms with Crippen molar-refractivity contribution in [3.8, 4) is 0 Å². The lowest BCUT2D eigenvalue weighted by atomic mass is 10.2. The normalized spacial score (nSPS) is 18.3. The Kier molecular flexibility index (Phi) is 3.70. The van der Waals surface area contributed by atoms with Crippen LogP contribution in [-0.2, 0) is 19.6 Å². The molecular weight excluding hydrogens is 310 g/mol. The maximum absolute atomic E-state index is 4.66. The fourth-order valence-corrected chi connectivity index (χ4v) is 3.72. The van der Waals surface area contributed by atoms with Crippen LogP contribution < -0.4 is 0 Å². The molecule has 0 aromatic carbocycles. The molecule has 1 aliphatic rings. The van der Waals surface area contributed by atoms with Gasteiger partial charge in [0.05, 0.1) is 35.2 Å². The predicted molar refractivity (Wildman–Crippen MR) is 87.0 cm³/mol. The van der Waals surface area contributed by atoms with Gasteiger partial charge in [0.1, 0.15) is 18.5 Å². The summed E-state index contributed by atoms with van der Waals surface area (Å²) in [6.45, 7) is 7.83. The molecule has 8 heteroatoms. The van der Waals surface area contributed by atoms with Crippen LogP contribution in [0.3, 0.4) is 0 Å². The summed E-state index contributed by atoms with van der Waals surface area (Å²) in [7, 11) is 0. The molecule has 1 aliphatic heterocycles. The van der Waals surface area contributed by atoms with Crippen molar-refractivity contribution in [2.45, 2.75) is 39.5 Å². The predicted octanol–water partition coefficient (Wildman–Crippen LogP) is 1.86. The zero-order valence-electron chi connectivity index (χ0n) is 13.3. The van der Waals surface area contributed by atoms with E-state index in [2.05, 4.69) is 48.7 Å². The molecule has 0 unspecified atom stereocenters. The smallest absolute Gasteiger partial charge is 0.137 e. The number of hydrogen-bond donors (Lipinski definition) is 0. The minimum atomic E-state index is 0.287. The largest absolute Gasteiger partial charge is 0.328 e. The van der Waals surface area contributed by atoms with Gasteiger partial charge in [0.2, 0.25) is 0 Å². The van der Waals surface area contributed by atoms with Crippen molar-refractivity contribution < 1.29 is 0 Å². The average molecular weight is 329 g/mol. The summed E-state index contributed by atoms with van der Waals surface area (Å²) in [6, 6.07) is 0.287. The number of imidazole rings is 1. The Bertz CT molecular complexity index is 789. The molecule has 0 fully saturated rings. The van der Waals surface area contributed by atoms with E-state index in [1.165, 1.54) is 5.69 Å². The first kappa shape index (κ1) is 14.5. The van der Waals surface area contributed by atoms with Gasteiger partial charge in [-0.3, -0.25) is 4.90 Å². The first-order chi connectivity index (χ1) is 11.2. The van der Waals surface area contributed by atoms with Gasteiger partial charge >= 0.3 is 0 Å².